The molecule has 2 fully saturated rings. The monoisotopic (exact) mass is 624 g/mol. The SMILES string of the molecule is Nc1ccc(S(=O)(=O)C2(c3ccc(C(F)(C(F)(F)F)C(F)(F)F)cc3)CCN(C(=O)C3CCC(C(=O)O)CC3)C2)cc1. The zero-order chi connectivity index (χ0) is 31.3. The molecule has 15 heteroatoms. The largest absolute Gasteiger partial charge is 0.481 e. The lowest BCUT2D eigenvalue weighted by Crippen LogP contribution is -2.50. The number of hydrogen-bond donors (Lipinski definition) is 2. The fraction of sp³-hybridized carbons (Fsp3) is 0.481. The molecule has 7 nitrogen and oxygen atoms in total. The van der Waals surface area contributed by atoms with Crippen molar-refractivity contribution >= 4 is 27.4 Å². The Morgan fingerprint density at radius 1 is 0.833 bits per heavy atom. The van der Waals surface area contributed by atoms with E-state index in [1.807, 2.05) is 0 Å². The number of alkyl halides is 7. The highest BCUT2D eigenvalue weighted by atomic mass is 32.2. The second-order valence-electron chi connectivity index (χ2n) is 10.7. The fourth-order valence-corrected chi connectivity index (χ4v) is 7.87. The van der Waals surface area contributed by atoms with Crippen LogP contribution in [-0.2, 0) is 29.8 Å². The van der Waals surface area contributed by atoms with Crippen molar-refractivity contribution in [2.24, 2.45) is 11.8 Å². The summed E-state index contributed by atoms with van der Waals surface area (Å²) in [5.41, 5.74) is -1.80. The van der Waals surface area contributed by atoms with Gasteiger partial charge in [0.1, 0.15) is 4.75 Å². The molecule has 1 unspecified atom stereocenters. The Balaban J connectivity index is 1.74. The maximum atomic E-state index is 14.7. The molecule has 4 rings (SSSR count). The van der Waals surface area contributed by atoms with Crippen LogP contribution in [0.3, 0.4) is 0 Å². The summed E-state index contributed by atoms with van der Waals surface area (Å²) in [5.74, 6) is -2.59. The molecule has 2 aromatic carbocycles. The van der Waals surface area contributed by atoms with E-state index in [4.69, 9.17) is 5.73 Å². The van der Waals surface area contributed by atoms with Gasteiger partial charge in [-0.05, 0) is 61.9 Å². The molecule has 230 valence electrons. The number of carboxylic acid groups (broad SMARTS) is 1. The number of nitrogens with two attached hydrogens (primary N) is 1. The average Bonchev–Trinajstić information content (AvgIpc) is 3.39. The van der Waals surface area contributed by atoms with Crippen LogP contribution in [0, 0.1) is 11.8 Å². The van der Waals surface area contributed by atoms with Gasteiger partial charge in [0.25, 0.3) is 0 Å². The van der Waals surface area contributed by atoms with Crippen LogP contribution in [0.4, 0.5) is 36.4 Å². The number of halogens is 7. The lowest BCUT2D eigenvalue weighted by molar-refractivity contribution is -0.348. The van der Waals surface area contributed by atoms with E-state index >= 15 is 0 Å². The van der Waals surface area contributed by atoms with Crippen molar-refractivity contribution in [3.63, 3.8) is 0 Å². The third-order valence-corrected chi connectivity index (χ3v) is 10.8. The zero-order valence-electron chi connectivity index (χ0n) is 21.9. The highest BCUT2D eigenvalue weighted by Crippen LogP contribution is 2.54. The number of benzene rings is 2. The quantitative estimate of drug-likeness (QED) is 0.331. The van der Waals surface area contributed by atoms with Gasteiger partial charge in [-0.1, -0.05) is 24.3 Å². The summed E-state index contributed by atoms with van der Waals surface area (Å²) in [6.07, 6.45) is -11.9. The van der Waals surface area contributed by atoms with E-state index in [1.54, 1.807) is 0 Å². The summed E-state index contributed by atoms with van der Waals surface area (Å²) in [7, 11) is -4.46. The summed E-state index contributed by atoms with van der Waals surface area (Å²) >= 11 is 0. The number of likely N-dealkylation sites (tertiary alicyclic amines) is 1. The van der Waals surface area contributed by atoms with Gasteiger partial charge in [0.15, 0.2) is 9.84 Å². The lowest BCUT2D eigenvalue weighted by atomic mass is 9.81. The van der Waals surface area contributed by atoms with Crippen molar-refractivity contribution in [3.8, 4) is 0 Å². The number of hydrogen-bond acceptors (Lipinski definition) is 5. The van der Waals surface area contributed by atoms with Gasteiger partial charge in [-0.2, -0.15) is 26.3 Å². The maximum absolute atomic E-state index is 14.7. The smallest absolute Gasteiger partial charge is 0.435 e. The Kier molecular flexibility index (Phi) is 8.06. The Hall–Kier alpha value is -3.36. The zero-order valence-corrected chi connectivity index (χ0v) is 22.7. The molecule has 0 radical (unpaired) electrons. The number of nitrogen functional groups attached to an aromatic ring is 1. The van der Waals surface area contributed by atoms with Gasteiger partial charge in [-0.3, -0.25) is 9.59 Å². The standard InChI is InChI=1S/C27H27F7N2O5S/c28-25(26(29,30)31,27(32,33)34)19-7-5-18(6-8-19)24(42(40,41)21-11-9-20(35)10-12-21)13-14-36(15-24)22(37)16-1-3-17(4-2-16)23(38)39/h5-12,16-17H,1-4,13-15,35H2,(H,38,39). The molecular weight excluding hydrogens is 597 g/mol. The van der Waals surface area contributed by atoms with Crippen molar-refractivity contribution in [2.45, 2.75) is 59.8 Å². The lowest BCUT2D eigenvalue weighted by Gasteiger charge is -2.33. The molecule has 3 N–H and O–H groups in total. The number of carbonyl (C=O) groups excluding carboxylic acids is 1. The van der Waals surface area contributed by atoms with Gasteiger partial charge in [0.2, 0.25) is 5.91 Å². The fourth-order valence-electron chi connectivity index (χ4n) is 5.79. The summed E-state index contributed by atoms with van der Waals surface area (Å²) < 4.78 is 121. The molecule has 42 heavy (non-hydrogen) atoms. The number of rotatable bonds is 6. The number of amides is 1. The topological polar surface area (TPSA) is 118 Å². The molecule has 0 bridgehead atoms. The molecule has 1 atom stereocenters. The number of carbonyl (C=O) groups is 2. The minimum Gasteiger partial charge on any atom is -0.481 e. The van der Waals surface area contributed by atoms with Crippen molar-refractivity contribution in [2.75, 3.05) is 18.8 Å². The predicted molar refractivity (Wildman–Crippen MR) is 135 cm³/mol. The third-order valence-electron chi connectivity index (χ3n) is 8.26. The van der Waals surface area contributed by atoms with Crippen LogP contribution >= 0.6 is 0 Å². The molecule has 0 aromatic heterocycles. The van der Waals surface area contributed by atoms with Crippen molar-refractivity contribution in [1.29, 1.82) is 0 Å². The van der Waals surface area contributed by atoms with Gasteiger partial charge >= 0.3 is 24.0 Å². The minimum atomic E-state index is -6.35. The first-order chi connectivity index (χ1) is 19.3. The van der Waals surface area contributed by atoms with Crippen LogP contribution in [0.15, 0.2) is 53.4 Å². The van der Waals surface area contributed by atoms with Crippen LogP contribution < -0.4 is 5.73 Å². The molecule has 0 spiro atoms. The van der Waals surface area contributed by atoms with E-state index in [9.17, 15) is 53.8 Å². The number of nitrogens with zero attached hydrogens (tertiary/aromatic N) is 1. The Morgan fingerprint density at radius 3 is 1.81 bits per heavy atom. The summed E-state index contributed by atoms with van der Waals surface area (Å²) in [6, 6.07) is 6.92. The van der Waals surface area contributed by atoms with Crippen molar-refractivity contribution in [3.05, 3.63) is 59.7 Å². The number of carboxylic acids is 1. The van der Waals surface area contributed by atoms with Crippen LogP contribution in [0.2, 0.25) is 0 Å². The molecule has 1 saturated carbocycles. The van der Waals surface area contributed by atoms with Crippen LogP contribution in [-0.4, -0.2) is 55.7 Å². The Morgan fingerprint density at radius 2 is 1.33 bits per heavy atom. The molecule has 1 saturated heterocycles. The predicted octanol–water partition coefficient (Wildman–Crippen LogP) is 5.35. The first kappa shape index (κ1) is 31.6. The van der Waals surface area contributed by atoms with E-state index in [2.05, 4.69) is 0 Å². The van der Waals surface area contributed by atoms with Crippen LogP contribution in [0.5, 0.6) is 0 Å². The Bertz CT molecular complexity index is 1420. The maximum Gasteiger partial charge on any atom is 0.435 e. The van der Waals surface area contributed by atoms with Crippen molar-refractivity contribution < 1.29 is 53.8 Å². The van der Waals surface area contributed by atoms with Gasteiger partial charge in [0, 0.05) is 30.3 Å². The molecule has 1 aliphatic carbocycles. The van der Waals surface area contributed by atoms with E-state index in [0.29, 0.717) is 12.1 Å². The molecule has 1 aliphatic heterocycles. The third kappa shape index (κ3) is 5.20. The van der Waals surface area contributed by atoms with Gasteiger partial charge < -0.3 is 15.7 Å². The first-order valence-electron chi connectivity index (χ1n) is 12.9. The molecular formula is C27H27F7N2O5S. The summed E-state index contributed by atoms with van der Waals surface area (Å²) in [6.45, 7) is -0.581. The van der Waals surface area contributed by atoms with Crippen LogP contribution in [0.1, 0.15) is 43.2 Å². The van der Waals surface area contributed by atoms with E-state index in [0.717, 1.165) is 0 Å². The summed E-state index contributed by atoms with van der Waals surface area (Å²) in [5, 5.41) is 9.22. The number of anilines is 1. The van der Waals surface area contributed by atoms with Gasteiger partial charge in [-0.15, -0.1) is 0 Å². The Labute approximate surface area is 236 Å². The molecule has 2 aromatic rings. The number of sulfone groups is 1. The van der Waals surface area contributed by atoms with E-state index < -0.39 is 68.4 Å². The minimum absolute atomic E-state index is 0.105. The van der Waals surface area contributed by atoms with E-state index in [-0.39, 0.29) is 66.9 Å². The van der Waals surface area contributed by atoms with E-state index in [1.165, 1.54) is 29.2 Å². The highest BCUT2D eigenvalue weighted by Gasteiger charge is 2.73. The van der Waals surface area contributed by atoms with Gasteiger partial charge in [0.05, 0.1) is 10.8 Å². The highest BCUT2D eigenvalue weighted by molar-refractivity contribution is 7.92. The van der Waals surface area contributed by atoms with Gasteiger partial charge in [-0.25, -0.2) is 12.8 Å². The van der Waals surface area contributed by atoms with Crippen LogP contribution in [0.25, 0.3) is 0 Å². The molecule has 2 aliphatic rings. The normalized spacial score (nSPS) is 24.0. The molecule has 1 amide bonds. The summed E-state index contributed by atoms with van der Waals surface area (Å²) in [4.78, 5) is 25.7. The second kappa shape index (κ2) is 10.7. The first-order valence-corrected chi connectivity index (χ1v) is 14.4. The average molecular weight is 625 g/mol. The van der Waals surface area contributed by atoms with Crippen molar-refractivity contribution in [1.82, 2.24) is 4.90 Å². The number of aliphatic carboxylic acids is 1. The molecule has 1 heterocycles. The second-order valence-corrected chi connectivity index (χ2v) is 13.0.